The van der Waals surface area contributed by atoms with Crippen LogP contribution in [-0.2, 0) is 46.0 Å². The summed E-state index contributed by atoms with van der Waals surface area (Å²) in [6.45, 7) is 2.05. The fraction of sp³-hybridized carbons (Fsp3) is 0.569. The van der Waals surface area contributed by atoms with Crippen LogP contribution in [0.15, 0.2) is 42.5 Å². The van der Waals surface area contributed by atoms with Crippen molar-refractivity contribution in [2.24, 2.45) is 23.5 Å². The maximum atomic E-state index is 14.6. The lowest BCUT2D eigenvalue weighted by Crippen LogP contribution is -2.58. The van der Waals surface area contributed by atoms with Crippen LogP contribution in [0.4, 0.5) is 8.78 Å². The SMILES string of the molecule is CC(F)(F)c1ccc2sc(C(=O)N[C@H]3CC[C@@H](O)C[C@H]4CC[C@@H](C(=O)N[C@@H](CCC(N)=O)C(=O)C[C@H](C(=O)N5CCC(CCC#Cc6cccc7c6CN(C6CCC(=O)NC6=O)C7=O)CC5)C5CCCCC5)N4C3=O)cc2c1. The van der Waals surface area contributed by atoms with Gasteiger partial charge in [-0.15, -0.1) is 11.3 Å². The minimum atomic E-state index is -3.08. The highest BCUT2D eigenvalue weighted by Gasteiger charge is 2.47. The summed E-state index contributed by atoms with van der Waals surface area (Å²) in [5.41, 5.74) is 7.38. The van der Waals surface area contributed by atoms with Crippen molar-refractivity contribution < 1.29 is 57.0 Å². The number of Topliss-reactive ketones (excluding diaryl/α,β-unsaturated/α-hetero) is 1. The third-order valence-electron chi connectivity index (χ3n) is 17.0. The van der Waals surface area contributed by atoms with E-state index in [4.69, 9.17) is 5.73 Å². The zero-order valence-electron chi connectivity index (χ0n) is 44.0. The molecule has 9 rings (SSSR count). The number of rotatable bonds is 16. The van der Waals surface area contributed by atoms with Crippen LogP contribution in [0.3, 0.4) is 0 Å². The molecule has 1 unspecified atom stereocenters. The second-order valence-electron chi connectivity index (χ2n) is 22.3. The van der Waals surface area contributed by atoms with E-state index in [2.05, 4.69) is 27.8 Å². The lowest BCUT2D eigenvalue weighted by atomic mass is 9.76. The number of hydrogen-bond acceptors (Lipinski definition) is 11. The molecule has 78 heavy (non-hydrogen) atoms. The fourth-order valence-electron chi connectivity index (χ4n) is 12.6. The molecule has 1 aromatic heterocycles. The number of ketones is 1. The summed E-state index contributed by atoms with van der Waals surface area (Å²) in [5.74, 6) is -0.969. The van der Waals surface area contributed by atoms with E-state index in [9.17, 15) is 57.0 Å². The number of halogens is 2. The first-order valence-electron chi connectivity index (χ1n) is 27.7. The summed E-state index contributed by atoms with van der Waals surface area (Å²) in [7, 11) is 0. The van der Waals surface area contributed by atoms with Gasteiger partial charge in [-0.1, -0.05) is 43.2 Å². The highest BCUT2D eigenvalue weighted by Crippen LogP contribution is 2.38. The zero-order valence-corrected chi connectivity index (χ0v) is 44.8. The van der Waals surface area contributed by atoms with Gasteiger partial charge in [0.15, 0.2) is 5.78 Å². The maximum absolute atomic E-state index is 14.6. The number of likely N-dealkylation sites (tertiary alicyclic amines) is 1. The van der Waals surface area contributed by atoms with Gasteiger partial charge in [-0.05, 0) is 130 Å². The Balaban J connectivity index is 0.823. The lowest BCUT2D eigenvalue weighted by molar-refractivity contribution is -0.145. The number of carbonyl (C=O) groups excluding carboxylic acids is 9. The first-order chi connectivity index (χ1) is 37.3. The lowest BCUT2D eigenvalue weighted by Gasteiger charge is -2.38. The van der Waals surface area contributed by atoms with E-state index in [0.29, 0.717) is 47.5 Å². The Kier molecular flexibility index (Phi) is 17.4. The predicted molar refractivity (Wildman–Crippen MR) is 284 cm³/mol. The van der Waals surface area contributed by atoms with Crippen LogP contribution >= 0.6 is 11.3 Å². The molecule has 1 aliphatic carbocycles. The number of aliphatic hydroxyl groups excluding tert-OH is 1. The van der Waals surface area contributed by atoms with E-state index < -0.39 is 83.5 Å². The van der Waals surface area contributed by atoms with Crippen molar-refractivity contribution in [3.63, 3.8) is 0 Å². The smallest absolute Gasteiger partial charge is 0.270 e. The summed E-state index contributed by atoms with van der Waals surface area (Å²) >= 11 is 1.09. The van der Waals surface area contributed by atoms with Crippen LogP contribution in [0.25, 0.3) is 10.1 Å². The van der Waals surface area contributed by atoms with Gasteiger partial charge in [0.1, 0.15) is 18.1 Å². The molecule has 0 radical (unpaired) electrons. The monoisotopic (exact) mass is 1090 g/mol. The van der Waals surface area contributed by atoms with Crippen molar-refractivity contribution in [3.8, 4) is 11.8 Å². The number of nitrogens with two attached hydrogens (primary N) is 1. The van der Waals surface area contributed by atoms with E-state index >= 15 is 0 Å². The highest BCUT2D eigenvalue weighted by atomic mass is 32.1. The molecular formula is C58H69F2N7O10S. The third kappa shape index (κ3) is 12.8. The molecule has 7 atom stereocenters. The molecule has 6 aliphatic rings. The number of imide groups is 1. The molecule has 6 heterocycles. The van der Waals surface area contributed by atoms with Gasteiger partial charge in [0.25, 0.3) is 17.7 Å². The fourth-order valence-corrected chi connectivity index (χ4v) is 13.6. The summed E-state index contributed by atoms with van der Waals surface area (Å²) < 4.78 is 28.8. The molecule has 8 amide bonds. The van der Waals surface area contributed by atoms with Crippen LogP contribution in [0.2, 0.25) is 0 Å². The van der Waals surface area contributed by atoms with E-state index in [-0.39, 0.29) is 98.4 Å². The van der Waals surface area contributed by atoms with Crippen molar-refractivity contribution >= 4 is 74.5 Å². The summed E-state index contributed by atoms with van der Waals surface area (Å²) in [5, 5.41) is 19.4. The number of piperidine rings is 2. The Morgan fingerprint density at radius 3 is 2.44 bits per heavy atom. The number of nitrogens with zero attached hydrogens (tertiary/aromatic N) is 3. The van der Waals surface area contributed by atoms with Gasteiger partial charge < -0.3 is 36.2 Å². The molecule has 20 heteroatoms. The maximum Gasteiger partial charge on any atom is 0.270 e. The van der Waals surface area contributed by atoms with Gasteiger partial charge >= 0.3 is 0 Å². The second kappa shape index (κ2) is 24.2. The van der Waals surface area contributed by atoms with Crippen LogP contribution in [0.5, 0.6) is 0 Å². The standard InChI is InChI=1S/C58H69F2N7O10S/c1-58(59,60)37-14-21-48-36(28-37)29-49(78-48)54(74)63-44-17-16-39(68)30-38-15-19-46(67(38)57(44)77)53(73)62-43(18-22-50(61)70)47(69)31-41(34-9-3-2-4-10-34)55(75)65-26-24-33(25-27-65)8-5-6-11-35-12-7-13-40-42(35)32-66(56(40)76)45-20-23-51(71)64-52(45)72/h7,12-14,21,28-29,33-34,38-39,41,43-46,68H,2-5,8-10,15-20,22-27,30-32H2,1H3,(H2,61,70)(H,62,73)(H,63,74)(H,64,71,72)/t38-,39-,41+,43+,44+,45?,46+/m1/s1. The number of hydrogen-bond donors (Lipinski definition) is 5. The average Bonchev–Trinajstić information content (AvgIpc) is 4.21. The summed E-state index contributed by atoms with van der Waals surface area (Å²) in [6.07, 6.45) is 7.49. The van der Waals surface area contributed by atoms with Crippen molar-refractivity contribution in [1.29, 1.82) is 0 Å². The van der Waals surface area contributed by atoms with E-state index in [1.54, 1.807) is 12.1 Å². The van der Waals surface area contributed by atoms with E-state index in [1.807, 2.05) is 11.0 Å². The predicted octanol–water partition coefficient (Wildman–Crippen LogP) is 5.75. The van der Waals surface area contributed by atoms with Gasteiger partial charge in [0, 0.05) is 85.6 Å². The number of alkyl halides is 2. The molecule has 416 valence electrons. The molecule has 2 aromatic carbocycles. The molecule has 17 nitrogen and oxygen atoms in total. The largest absolute Gasteiger partial charge is 0.393 e. The number of aliphatic hydroxyl groups is 1. The summed E-state index contributed by atoms with van der Waals surface area (Å²) in [4.78, 5) is 127. The second-order valence-corrected chi connectivity index (χ2v) is 23.4. The molecule has 5 fully saturated rings. The quantitative estimate of drug-likeness (QED) is 0.0859. The molecule has 1 saturated carbocycles. The van der Waals surface area contributed by atoms with Crippen molar-refractivity contribution in [3.05, 3.63) is 69.6 Å². The number of fused-ring (bicyclic) bond motifs is 3. The molecule has 4 saturated heterocycles. The molecule has 0 spiro atoms. The first-order valence-corrected chi connectivity index (χ1v) is 28.5. The number of primary amides is 1. The molecule has 3 aromatic rings. The number of amides is 8. The van der Waals surface area contributed by atoms with E-state index in [0.717, 1.165) is 80.8 Å². The molecule has 6 N–H and O–H groups in total. The molecule has 0 bridgehead atoms. The Hall–Kier alpha value is -6.59. The van der Waals surface area contributed by atoms with Crippen LogP contribution in [-0.4, -0.2) is 122 Å². The minimum Gasteiger partial charge on any atom is -0.393 e. The van der Waals surface area contributed by atoms with Gasteiger partial charge in [0.05, 0.1) is 17.0 Å². The number of benzene rings is 2. The van der Waals surface area contributed by atoms with Gasteiger partial charge in [-0.25, -0.2) is 8.78 Å². The van der Waals surface area contributed by atoms with Crippen molar-refractivity contribution in [1.82, 2.24) is 30.7 Å². The van der Waals surface area contributed by atoms with Gasteiger partial charge in [-0.3, -0.25) is 48.5 Å². The Bertz CT molecular complexity index is 2920. The normalized spacial score (nSPS) is 24.1. The average molecular weight is 1090 g/mol. The van der Waals surface area contributed by atoms with E-state index in [1.165, 1.54) is 34.1 Å². The van der Waals surface area contributed by atoms with Crippen LogP contribution in [0, 0.1) is 29.6 Å². The minimum absolute atomic E-state index is 0.0551. The van der Waals surface area contributed by atoms with Gasteiger partial charge in [0.2, 0.25) is 35.4 Å². The molecule has 5 aliphatic heterocycles. The van der Waals surface area contributed by atoms with Crippen molar-refractivity contribution in [2.75, 3.05) is 13.1 Å². The first kappa shape index (κ1) is 56.1. The number of thiophene rings is 1. The number of nitrogens with one attached hydrogen (secondary N) is 3. The van der Waals surface area contributed by atoms with Crippen LogP contribution < -0.4 is 21.7 Å². The van der Waals surface area contributed by atoms with Crippen LogP contribution in [0.1, 0.15) is 166 Å². The van der Waals surface area contributed by atoms with Crippen molar-refractivity contribution in [2.45, 2.75) is 178 Å². The topological polar surface area (TPSA) is 246 Å². The zero-order chi connectivity index (χ0) is 55.4. The Morgan fingerprint density at radius 2 is 1.71 bits per heavy atom. The molecular weight excluding hydrogens is 1020 g/mol. The number of carbonyl (C=O) groups is 9. The summed E-state index contributed by atoms with van der Waals surface area (Å²) in [6, 6.07) is 6.37. The Morgan fingerprint density at radius 1 is 0.936 bits per heavy atom. The Labute approximate surface area is 456 Å². The van der Waals surface area contributed by atoms with Gasteiger partial charge in [-0.2, -0.15) is 0 Å². The third-order valence-corrected chi connectivity index (χ3v) is 18.1. The highest BCUT2D eigenvalue weighted by molar-refractivity contribution is 7.20.